The molecule has 0 saturated carbocycles. The van der Waals surface area contributed by atoms with E-state index in [0.717, 1.165) is 41.6 Å². The second-order valence-corrected chi connectivity index (χ2v) is 3.11. The zero-order valence-electron chi connectivity index (χ0n) is 6.58. The minimum atomic E-state index is 0.884. The Morgan fingerprint density at radius 2 is 2.17 bits per heavy atom. The molecule has 2 aromatic heterocycles. The van der Waals surface area contributed by atoms with Crippen molar-refractivity contribution in [3.63, 3.8) is 0 Å². The molecule has 0 N–H and O–H groups in total. The van der Waals surface area contributed by atoms with Gasteiger partial charge < -0.3 is 4.52 Å². The first-order valence-electron chi connectivity index (χ1n) is 4.17. The maximum atomic E-state index is 5.17. The van der Waals surface area contributed by atoms with E-state index in [1.165, 1.54) is 0 Å². The minimum Gasteiger partial charge on any atom is -0.356 e. The summed E-state index contributed by atoms with van der Waals surface area (Å²) in [4.78, 5) is 4.31. The lowest BCUT2D eigenvalue weighted by molar-refractivity contribution is 0.445. The third-order valence-electron chi connectivity index (χ3n) is 2.36. The van der Waals surface area contributed by atoms with Crippen LogP contribution < -0.4 is 0 Å². The third-order valence-corrected chi connectivity index (χ3v) is 2.36. The summed E-state index contributed by atoms with van der Waals surface area (Å²) >= 11 is 0. The van der Waals surface area contributed by atoms with E-state index in [-0.39, 0.29) is 0 Å². The second-order valence-electron chi connectivity index (χ2n) is 3.11. The van der Waals surface area contributed by atoms with Gasteiger partial charge in [-0.15, -0.1) is 0 Å². The quantitative estimate of drug-likeness (QED) is 0.589. The van der Waals surface area contributed by atoms with Crippen LogP contribution in [0.2, 0.25) is 0 Å². The van der Waals surface area contributed by atoms with Crippen LogP contribution in [-0.4, -0.2) is 10.1 Å². The summed E-state index contributed by atoms with van der Waals surface area (Å²) in [5, 5.41) is 5.17. The van der Waals surface area contributed by atoms with Gasteiger partial charge in [-0.3, -0.25) is 4.98 Å². The molecular weight excluding hydrogens is 152 g/mol. The van der Waals surface area contributed by atoms with Crippen LogP contribution >= 0.6 is 0 Å². The van der Waals surface area contributed by atoms with Crippen molar-refractivity contribution < 1.29 is 4.52 Å². The van der Waals surface area contributed by atoms with Gasteiger partial charge in [0.05, 0.1) is 16.8 Å². The Hall–Kier alpha value is -1.38. The number of aryl methyl sites for hydroxylation is 2. The minimum absolute atomic E-state index is 0.884. The average Bonchev–Trinajstić information content (AvgIpc) is 2.52. The third kappa shape index (κ3) is 0.656. The Bertz CT molecular complexity index is 433. The Kier molecular flexibility index (Phi) is 1.06. The van der Waals surface area contributed by atoms with E-state index < -0.39 is 0 Å². The van der Waals surface area contributed by atoms with Crippen molar-refractivity contribution in [3.05, 3.63) is 23.7 Å². The predicted molar refractivity (Wildman–Crippen MR) is 43.8 cm³/mol. The zero-order chi connectivity index (χ0) is 7.97. The van der Waals surface area contributed by atoms with E-state index in [1.807, 2.05) is 6.07 Å². The van der Waals surface area contributed by atoms with E-state index in [9.17, 15) is 0 Å². The van der Waals surface area contributed by atoms with E-state index in [2.05, 4.69) is 10.1 Å². The first-order chi connectivity index (χ1) is 5.95. The lowest BCUT2D eigenvalue weighted by Crippen LogP contribution is -2.01. The van der Waals surface area contributed by atoms with Crippen molar-refractivity contribution in [2.24, 2.45) is 0 Å². The molecule has 3 heteroatoms. The lowest BCUT2D eigenvalue weighted by atomic mass is 10.00. The van der Waals surface area contributed by atoms with Crippen LogP contribution in [0.15, 0.2) is 16.8 Å². The largest absolute Gasteiger partial charge is 0.356 e. The molecule has 0 radical (unpaired) electrons. The molecular formula is C9H8N2O. The average molecular weight is 160 g/mol. The molecule has 60 valence electrons. The van der Waals surface area contributed by atoms with Crippen LogP contribution in [0.5, 0.6) is 0 Å². The predicted octanol–water partition coefficient (Wildman–Crippen LogP) is 1.71. The lowest BCUT2D eigenvalue weighted by Gasteiger charge is -2.06. The molecule has 1 aliphatic carbocycles. The molecule has 2 heterocycles. The summed E-state index contributed by atoms with van der Waals surface area (Å²) in [5.41, 5.74) is 3.11. The first kappa shape index (κ1) is 6.17. The molecule has 0 atom stereocenters. The number of nitrogens with zero attached hydrogens (tertiary/aromatic N) is 2. The molecule has 3 rings (SSSR count). The molecule has 0 spiro atoms. The van der Waals surface area contributed by atoms with Gasteiger partial charge in [0.25, 0.3) is 0 Å². The van der Waals surface area contributed by atoms with E-state index in [1.54, 1.807) is 6.20 Å². The number of aromatic nitrogens is 2. The smallest absolute Gasteiger partial charge is 0.170 e. The highest BCUT2D eigenvalue weighted by atomic mass is 16.5. The monoisotopic (exact) mass is 160 g/mol. The number of hydrogen-bond acceptors (Lipinski definition) is 3. The Labute approximate surface area is 69.4 Å². The van der Waals surface area contributed by atoms with Crippen LogP contribution in [-0.2, 0) is 12.8 Å². The normalized spacial score (nSPS) is 15.3. The highest BCUT2D eigenvalue weighted by Gasteiger charge is 2.17. The van der Waals surface area contributed by atoms with Crippen LogP contribution in [0.3, 0.4) is 0 Å². The SMILES string of the molecule is c1cc2onc3c2c(n1)CCC3. The van der Waals surface area contributed by atoms with Crippen LogP contribution in [0.25, 0.3) is 11.0 Å². The zero-order valence-corrected chi connectivity index (χ0v) is 6.58. The van der Waals surface area contributed by atoms with Gasteiger partial charge in [-0.2, -0.15) is 0 Å². The van der Waals surface area contributed by atoms with Crippen molar-refractivity contribution in [1.82, 2.24) is 10.1 Å². The van der Waals surface area contributed by atoms with Gasteiger partial charge >= 0.3 is 0 Å². The molecule has 0 aromatic carbocycles. The summed E-state index contributed by atoms with van der Waals surface area (Å²) in [7, 11) is 0. The Balaban J connectivity index is 2.50. The fourth-order valence-corrected chi connectivity index (χ4v) is 1.80. The summed E-state index contributed by atoms with van der Waals surface area (Å²) in [6, 6.07) is 1.88. The van der Waals surface area contributed by atoms with E-state index in [4.69, 9.17) is 4.52 Å². The van der Waals surface area contributed by atoms with Crippen molar-refractivity contribution in [1.29, 1.82) is 0 Å². The van der Waals surface area contributed by atoms with Gasteiger partial charge in [0.15, 0.2) is 5.58 Å². The Morgan fingerprint density at radius 3 is 3.17 bits per heavy atom. The molecule has 0 unspecified atom stereocenters. The fraction of sp³-hybridized carbons (Fsp3) is 0.333. The van der Waals surface area contributed by atoms with Gasteiger partial charge in [0.2, 0.25) is 0 Å². The van der Waals surface area contributed by atoms with E-state index in [0.29, 0.717) is 0 Å². The summed E-state index contributed by atoms with van der Waals surface area (Å²) in [6.07, 6.45) is 5.03. The topological polar surface area (TPSA) is 38.9 Å². The number of pyridine rings is 1. The number of rotatable bonds is 0. The van der Waals surface area contributed by atoms with Gasteiger partial charge in [0.1, 0.15) is 0 Å². The van der Waals surface area contributed by atoms with Gasteiger partial charge in [0, 0.05) is 12.3 Å². The maximum Gasteiger partial charge on any atom is 0.170 e. The standard InChI is InChI=1S/C9H8N2O/c1-2-6-9-7(3-1)11-12-8(9)4-5-10-6/h4-5H,1-3H2. The highest BCUT2D eigenvalue weighted by Crippen LogP contribution is 2.26. The van der Waals surface area contributed by atoms with Crippen LogP contribution in [0.1, 0.15) is 17.8 Å². The van der Waals surface area contributed by atoms with Crippen LogP contribution in [0.4, 0.5) is 0 Å². The molecule has 0 bridgehead atoms. The molecule has 3 nitrogen and oxygen atoms in total. The highest BCUT2D eigenvalue weighted by molar-refractivity contribution is 5.82. The molecule has 12 heavy (non-hydrogen) atoms. The van der Waals surface area contributed by atoms with Gasteiger partial charge in [-0.05, 0) is 19.3 Å². The van der Waals surface area contributed by atoms with Gasteiger partial charge in [-0.25, -0.2) is 0 Å². The summed E-state index contributed by atoms with van der Waals surface area (Å²) in [6.45, 7) is 0. The molecule has 0 saturated heterocycles. The van der Waals surface area contributed by atoms with Crippen molar-refractivity contribution in [3.8, 4) is 0 Å². The van der Waals surface area contributed by atoms with Crippen molar-refractivity contribution >= 4 is 11.0 Å². The molecule has 1 aliphatic rings. The molecule has 2 aromatic rings. The van der Waals surface area contributed by atoms with Gasteiger partial charge in [-0.1, -0.05) is 5.16 Å². The summed E-state index contributed by atoms with van der Waals surface area (Å²) < 4.78 is 5.17. The van der Waals surface area contributed by atoms with Crippen molar-refractivity contribution in [2.75, 3.05) is 0 Å². The maximum absolute atomic E-state index is 5.17. The molecule has 0 amide bonds. The van der Waals surface area contributed by atoms with E-state index >= 15 is 0 Å². The fourth-order valence-electron chi connectivity index (χ4n) is 1.80. The number of hydrogen-bond donors (Lipinski definition) is 0. The summed E-state index contributed by atoms with van der Waals surface area (Å²) in [5.74, 6) is 0. The second kappa shape index (κ2) is 2.06. The van der Waals surface area contributed by atoms with Crippen LogP contribution in [0, 0.1) is 0 Å². The van der Waals surface area contributed by atoms with Crippen molar-refractivity contribution in [2.45, 2.75) is 19.3 Å². The Morgan fingerprint density at radius 1 is 1.25 bits per heavy atom. The molecule has 0 aliphatic heterocycles. The molecule has 0 fully saturated rings. The first-order valence-corrected chi connectivity index (χ1v) is 4.17.